The van der Waals surface area contributed by atoms with Gasteiger partial charge in [0.05, 0.1) is 0 Å². The van der Waals surface area contributed by atoms with Gasteiger partial charge in [-0.05, 0) is 23.6 Å². The van der Waals surface area contributed by atoms with Gasteiger partial charge < -0.3 is 10.4 Å². The van der Waals surface area contributed by atoms with Crippen LogP contribution in [-0.2, 0) is 0 Å². The molecule has 0 spiro atoms. The van der Waals surface area contributed by atoms with E-state index in [1.54, 1.807) is 36.7 Å². The lowest BCUT2D eigenvalue weighted by Gasteiger charge is -2.16. The first-order valence-electron chi connectivity index (χ1n) is 4.29. The topological polar surface area (TPSA) is 48.0 Å². The fourth-order valence-electron chi connectivity index (χ4n) is 1.16. The zero-order valence-electron chi connectivity index (χ0n) is 7.47. The van der Waals surface area contributed by atoms with Crippen molar-refractivity contribution in [2.45, 2.75) is 0 Å². The van der Waals surface area contributed by atoms with Crippen LogP contribution in [0, 0.1) is 0 Å². The molecular weight excluding hydrogens is 176 g/mol. The van der Waals surface area contributed by atoms with Crippen LogP contribution in [0.4, 0.5) is 5.69 Å². The third-order valence-corrected chi connectivity index (χ3v) is 1.86. The second-order valence-corrected chi connectivity index (χ2v) is 2.86. The number of hydrogen-bond acceptors (Lipinski definition) is 3. The summed E-state index contributed by atoms with van der Waals surface area (Å²) in [5, 5.41) is 14.3. The van der Waals surface area contributed by atoms with Crippen molar-refractivity contribution in [3.8, 4) is 0 Å². The molecule has 0 amide bonds. The van der Waals surface area contributed by atoms with Crippen LogP contribution in [0.15, 0.2) is 60.3 Å². The number of pyridine rings is 1. The second kappa shape index (κ2) is 3.79. The molecule has 14 heavy (non-hydrogen) atoms. The quantitative estimate of drug-likeness (QED) is 0.704. The summed E-state index contributed by atoms with van der Waals surface area (Å²) in [6.07, 6.45) is 10.5. The van der Waals surface area contributed by atoms with E-state index in [-0.39, 0.29) is 5.88 Å². The van der Waals surface area contributed by atoms with E-state index in [1.165, 1.54) is 0 Å². The van der Waals surface area contributed by atoms with Gasteiger partial charge in [-0.2, -0.15) is 0 Å². The number of allylic oxidation sites excluding steroid dienone is 5. The Morgan fingerprint density at radius 2 is 1.79 bits per heavy atom. The summed E-state index contributed by atoms with van der Waals surface area (Å²) in [5.74, 6) is -0.0961. The van der Waals surface area contributed by atoms with Gasteiger partial charge in [0.2, 0.25) is 0 Å². The minimum absolute atomic E-state index is 0.0961. The van der Waals surface area contributed by atoms with Gasteiger partial charge in [-0.25, -0.2) is 0 Å². The maximum atomic E-state index is 11.5. The summed E-state index contributed by atoms with van der Waals surface area (Å²) in [6.45, 7) is 0. The van der Waals surface area contributed by atoms with E-state index in [4.69, 9.17) is 0 Å². The Morgan fingerprint density at radius 3 is 2.43 bits per heavy atom. The van der Waals surface area contributed by atoms with Crippen LogP contribution in [0.2, 0.25) is 0 Å². The highest BCUT2D eigenvalue weighted by molar-refractivity contribution is 5.50. The molecule has 3 nitrogen and oxygen atoms in total. The van der Waals surface area contributed by atoms with Gasteiger partial charge in [-0.3, -0.25) is 4.98 Å². The van der Waals surface area contributed by atoms with Crippen LogP contribution in [0.25, 0.3) is 0 Å². The molecule has 0 fully saturated rings. The number of anilines is 1. The lowest BCUT2D eigenvalue weighted by molar-refractivity contribution is -0.300. The lowest BCUT2D eigenvalue weighted by atomic mass is 10.3. The maximum absolute atomic E-state index is 11.5. The molecule has 0 atom stereocenters. The van der Waals surface area contributed by atoms with Crippen molar-refractivity contribution in [3.63, 3.8) is 0 Å². The standard InChI is InChI=1S/C11H10N2O/c14-11(9-3-1-2-4-9)13-10-5-7-12-8-6-10/h1-8,14H,(H,12,13)/p-1. The highest BCUT2D eigenvalue weighted by Gasteiger charge is 1.94. The summed E-state index contributed by atoms with van der Waals surface area (Å²) in [6, 6.07) is 3.50. The molecule has 1 aromatic heterocycles. The van der Waals surface area contributed by atoms with E-state index in [0.717, 1.165) is 5.69 Å². The molecule has 0 unspecified atom stereocenters. The Morgan fingerprint density at radius 1 is 1.14 bits per heavy atom. The van der Waals surface area contributed by atoms with Gasteiger partial charge in [-0.15, -0.1) is 0 Å². The third kappa shape index (κ3) is 1.82. The second-order valence-electron chi connectivity index (χ2n) is 2.86. The number of nitrogens with zero attached hydrogens (tertiary/aromatic N) is 1. The van der Waals surface area contributed by atoms with E-state index in [9.17, 15) is 5.11 Å². The number of aromatic nitrogens is 1. The van der Waals surface area contributed by atoms with Gasteiger partial charge in [0, 0.05) is 18.1 Å². The largest absolute Gasteiger partial charge is 0.860 e. The van der Waals surface area contributed by atoms with Crippen molar-refractivity contribution in [1.82, 2.24) is 4.98 Å². The minimum atomic E-state index is -0.0961. The number of rotatable bonds is 2. The SMILES string of the molecule is [O-]C(Nc1ccncc1)=C1C=CC=C1. The normalized spacial score (nSPS) is 13.3. The first-order chi connectivity index (χ1) is 6.86. The van der Waals surface area contributed by atoms with Crippen LogP contribution in [0.5, 0.6) is 0 Å². The van der Waals surface area contributed by atoms with Crippen LogP contribution < -0.4 is 10.4 Å². The third-order valence-electron chi connectivity index (χ3n) is 1.86. The van der Waals surface area contributed by atoms with E-state index in [0.29, 0.717) is 5.57 Å². The summed E-state index contributed by atoms with van der Waals surface area (Å²) >= 11 is 0. The molecule has 0 saturated carbocycles. The molecule has 0 aliphatic heterocycles. The Kier molecular flexibility index (Phi) is 2.32. The highest BCUT2D eigenvalue weighted by atomic mass is 16.3. The van der Waals surface area contributed by atoms with Crippen LogP contribution in [0.1, 0.15) is 0 Å². The fourth-order valence-corrected chi connectivity index (χ4v) is 1.16. The zero-order valence-corrected chi connectivity index (χ0v) is 7.47. The Bertz CT molecular complexity index is 391. The average molecular weight is 185 g/mol. The summed E-state index contributed by atoms with van der Waals surface area (Å²) < 4.78 is 0. The van der Waals surface area contributed by atoms with Gasteiger partial charge in [0.1, 0.15) is 0 Å². The van der Waals surface area contributed by atoms with Crippen molar-refractivity contribution in [3.05, 3.63) is 60.3 Å². The van der Waals surface area contributed by atoms with E-state index in [2.05, 4.69) is 10.3 Å². The van der Waals surface area contributed by atoms with Crippen molar-refractivity contribution in [2.75, 3.05) is 5.32 Å². The predicted octanol–water partition coefficient (Wildman–Crippen LogP) is 1.19. The monoisotopic (exact) mass is 185 g/mol. The first kappa shape index (κ1) is 8.56. The van der Waals surface area contributed by atoms with Crippen molar-refractivity contribution in [1.29, 1.82) is 0 Å². The predicted molar refractivity (Wildman–Crippen MR) is 53.2 cm³/mol. The molecule has 3 heteroatoms. The van der Waals surface area contributed by atoms with Crippen molar-refractivity contribution >= 4 is 5.69 Å². The van der Waals surface area contributed by atoms with Gasteiger partial charge in [0.25, 0.3) is 0 Å². The van der Waals surface area contributed by atoms with Crippen LogP contribution in [0.3, 0.4) is 0 Å². The number of hydrogen-bond donors (Lipinski definition) is 1. The lowest BCUT2D eigenvalue weighted by Crippen LogP contribution is -2.15. The molecule has 2 rings (SSSR count). The molecular formula is C11H9N2O-. The Balaban J connectivity index is 2.16. The zero-order chi connectivity index (χ0) is 9.80. The molecule has 0 saturated heterocycles. The molecule has 1 aliphatic rings. The van der Waals surface area contributed by atoms with Crippen molar-refractivity contribution in [2.24, 2.45) is 0 Å². The van der Waals surface area contributed by atoms with E-state index >= 15 is 0 Å². The molecule has 0 radical (unpaired) electrons. The van der Waals surface area contributed by atoms with E-state index in [1.807, 2.05) is 12.2 Å². The van der Waals surface area contributed by atoms with Crippen LogP contribution in [-0.4, -0.2) is 4.98 Å². The highest BCUT2D eigenvalue weighted by Crippen LogP contribution is 2.12. The molecule has 70 valence electrons. The molecule has 0 bridgehead atoms. The van der Waals surface area contributed by atoms with Gasteiger partial charge in [0.15, 0.2) is 0 Å². The molecule has 1 aliphatic carbocycles. The first-order valence-corrected chi connectivity index (χ1v) is 4.29. The summed E-state index contributed by atoms with van der Waals surface area (Å²) in [4.78, 5) is 3.86. The number of nitrogens with one attached hydrogen (secondary N) is 1. The Labute approximate surface area is 82.1 Å². The summed E-state index contributed by atoms with van der Waals surface area (Å²) in [7, 11) is 0. The summed E-state index contributed by atoms with van der Waals surface area (Å²) in [5.41, 5.74) is 1.42. The van der Waals surface area contributed by atoms with E-state index < -0.39 is 0 Å². The van der Waals surface area contributed by atoms with Gasteiger partial charge >= 0.3 is 0 Å². The molecule has 0 aromatic carbocycles. The minimum Gasteiger partial charge on any atom is -0.860 e. The fraction of sp³-hybridized carbons (Fsp3) is 0. The van der Waals surface area contributed by atoms with Gasteiger partial charge in [-0.1, -0.05) is 24.3 Å². The molecule has 1 N–H and O–H groups in total. The van der Waals surface area contributed by atoms with Crippen molar-refractivity contribution < 1.29 is 5.11 Å². The Hall–Kier alpha value is -2.03. The van der Waals surface area contributed by atoms with Crippen LogP contribution >= 0.6 is 0 Å². The molecule has 1 heterocycles. The maximum Gasteiger partial charge on any atom is 0.0405 e. The molecule has 1 aromatic rings. The average Bonchev–Trinajstić information content (AvgIpc) is 2.72. The smallest absolute Gasteiger partial charge is 0.0405 e.